The molecule has 0 rings (SSSR count). The van der Waals surface area contributed by atoms with Crippen molar-refractivity contribution in [3.63, 3.8) is 0 Å². The van der Waals surface area contributed by atoms with Gasteiger partial charge in [0, 0.05) is 5.50 Å². The van der Waals surface area contributed by atoms with Crippen molar-refractivity contribution in [2.45, 2.75) is 18.6 Å². The molecular formula is C8H15ClSi. The van der Waals surface area contributed by atoms with Crippen LogP contribution in [0.3, 0.4) is 0 Å². The smallest absolute Gasteiger partial charge is 0.0743 e. The minimum absolute atomic E-state index is 0.811. The van der Waals surface area contributed by atoms with E-state index in [-0.39, 0.29) is 0 Å². The monoisotopic (exact) mass is 174 g/mol. The van der Waals surface area contributed by atoms with E-state index in [4.69, 9.17) is 11.6 Å². The van der Waals surface area contributed by atoms with E-state index < -0.39 is 8.07 Å². The fourth-order valence-corrected chi connectivity index (χ4v) is 3.32. The predicted octanol–water partition coefficient (Wildman–Crippen LogP) is 3.22. The second-order valence-corrected chi connectivity index (χ2v) is 8.44. The molecule has 0 unspecified atom stereocenters. The Balaban J connectivity index is 3.92. The minimum Gasteiger partial charge on any atom is -0.130 e. The highest BCUT2D eigenvalue weighted by molar-refractivity contribution is 6.84. The highest BCUT2D eigenvalue weighted by Gasteiger charge is 2.21. The number of hydrogen-bond donors (Lipinski definition) is 0. The SMILES string of the molecule is C=CC[Si](C)(CCl)CC=C. The summed E-state index contributed by atoms with van der Waals surface area (Å²) >= 11 is 5.83. The van der Waals surface area contributed by atoms with E-state index in [0.717, 1.165) is 17.6 Å². The zero-order valence-electron chi connectivity index (χ0n) is 6.57. The lowest BCUT2D eigenvalue weighted by Gasteiger charge is -2.20. The second-order valence-electron chi connectivity index (χ2n) is 2.93. The Labute approximate surface area is 69.6 Å². The van der Waals surface area contributed by atoms with Crippen molar-refractivity contribution in [1.29, 1.82) is 0 Å². The molecule has 0 fully saturated rings. The number of halogens is 1. The van der Waals surface area contributed by atoms with Crippen molar-refractivity contribution in [1.82, 2.24) is 0 Å². The highest BCUT2D eigenvalue weighted by Crippen LogP contribution is 2.17. The maximum Gasteiger partial charge on any atom is 0.0743 e. The third-order valence-electron chi connectivity index (χ3n) is 1.60. The molecule has 0 bridgehead atoms. The van der Waals surface area contributed by atoms with Gasteiger partial charge in [-0.1, -0.05) is 18.7 Å². The second kappa shape index (κ2) is 4.75. The van der Waals surface area contributed by atoms with Crippen LogP contribution in [0.5, 0.6) is 0 Å². The molecule has 58 valence electrons. The molecule has 0 aromatic heterocycles. The van der Waals surface area contributed by atoms with E-state index in [1.165, 1.54) is 0 Å². The predicted molar refractivity (Wildman–Crippen MR) is 52.3 cm³/mol. The maximum atomic E-state index is 5.83. The first-order valence-electron chi connectivity index (χ1n) is 3.46. The van der Waals surface area contributed by atoms with E-state index in [1.807, 2.05) is 12.2 Å². The fourth-order valence-electron chi connectivity index (χ4n) is 0.889. The zero-order valence-corrected chi connectivity index (χ0v) is 8.32. The first kappa shape index (κ1) is 9.99. The minimum atomic E-state index is -1.19. The Morgan fingerprint density at radius 2 is 1.70 bits per heavy atom. The lowest BCUT2D eigenvalue weighted by molar-refractivity contribution is 1.41. The molecule has 0 saturated carbocycles. The third-order valence-corrected chi connectivity index (χ3v) is 6.73. The number of hydrogen-bond acceptors (Lipinski definition) is 0. The van der Waals surface area contributed by atoms with Gasteiger partial charge in [-0.15, -0.1) is 24.8 Å². The number of rotatable bonds is 5. The van der Waals surface area contributed by atoms with Gasteiger partial charge < -0.3 is 0 Å². The van der Waals surface area contributed by atoms with E-state index in [0.29, 0.717) is 0 Å². The standard InChI is InChI=1S/C8H15ClSi/c1-4-6-10(3,8-9)7-5-2/h4-5H,1-2,6-8H2,3H3. The molecule has 0 N–H and O–H groups in total. The molecular weight excluding hydrogens is 160 g/mol. The van der Waals surface area contributed by atoms with Gasteiger partial charge in [-0.3, -0.25) is 0 Å². The van der Waals surface area contributed by atoms with Crippen molar-refractivity contribution < 1.29 is 0 Å². The molecule has 0 nitrogen and oxygen atoms in total. The summed E-state index contributed by atoms with van der Waals surface area (Å²) in [7, 11) is -1.19. The summed E-state index contributed by atoms with van der Waals surface area (Å²) in [6.45, 7) is 9.72. The molecule has 0 aliphatic rings. The van der Waals surface area contributed by atoms with Crippen molar-refractivity contribution in [3.05, 3.63) is 25.3 Å². The van der Waals surface area contributed by atoms with Crippen molar-refractivity contribution in [2.24, 2.45) is 0 Å². The zero-order chi connectivity index (χ0) is 8.04. The van der Waals surface area contributed by atoms with Gasteiger partial charge >= 0.3 is 0 Å². The molecule has 0 saturated heterocycles. The van der Waals surface area contributed by atoms with Gasteiger partial charge in [0.2, 0.25) is 0 Å². The molecule has 0 aliphatic carbocycles. The van der Waals surface area contributed by atoms with Crippen LogP contribution >= 0.6 is 11.6 Å². The van der Waals surface area contributed by atoms with Crippen LogP contribution in [0.25, 0.3) is 0 Å². The molecule has 0 aliphatic heterocycles. The molecule has 10 heavy (non-hydrogen) atoms. The van der Waals surface area contributed by atoms with Crippen molar-refractivity contribution in [2.75, 3.05) is 5.50 Å². The van der Waals surface area contributed by atoms with Crippen LogP contribution in [0.1, 0.15) is 0 Å². The van der Waals surface area contributed by atoms with Crippen LogP contribution in [-0.4, -0.2) is 13.6 Å². The summed E-state index contributed by atoms with van der Waals surface area (Å²) in [6, 6.07) is 2.20. The Morgan fingerprint density at radius 3 is 1.90 bits per heavy atom. The Kier molecular flexibility index (Phi) is 4.74. The quantitative estimate of drug-likeness (QED) is 0.341. The van der Waals surface area contributed by atoms with E-state index >= 15 is 0 Å². The summed E-state index contributed by atoms with van der Waals surface area (Å²) in [5.74, 6) is 0. The van der Waals surface area contributed by atoms with Gasteiger partial charge in [-0.05, 0) is 12.1 Å². The van der Waals surface area contributed by atoms with Gasteiger partial charge in [0.05, 0.1) is 8.07 Å². The highest BCUT2D eigenvalue weighted by atomic mass is 35.5. The topological polar surface area (TPSA) is 0 Å². The van der Waals surface area contributed by atoms with Gasteiger partial charge in [0.1, 0.15) is 0 Å². The van der Waals surface area contributed by atoms with E-state index in [1.54, 1.807) is 0 Å². The maximum absolute atomic E-state index is 5.83. The number of alkyl halides is 1. The Morgan fingerprint density at radius 1 is 1.30 bits per heavy atom. The van der Waals surface area contributed by atoms with E-state index in [9.17, 15) is 0 Å². The molecule has 0 atom stereocenters. The molecule has 0 spiro atoms. The first-order valence-corrected chi connectivity index (χ1v) is 7.12. The summed E-state index contributed by atoms with van der Waals surface area (Å²) in [5.41, 5.74) is 0.811. The summed E-state index contributed by atoms with van der Waals surface area (Å²) < 4.78 is 0. The van der Waals surface area contributed by atoms with Crippen LogP contribution < -0.4 is 0 Å². The lowest BCUT2D eigenvalue weighted by Crippen LogP contribution is -2.30. The first-order chi connectivity index (χ1) is 4.68. The average molecular weight is 175 g/mol. The summed E-state index contributed by atoms with van der Waals surface area (Å²) in [5, 5.41) is 0. The fraction of sp³-hybridized carbons (Fsp3) is 0.500. The normalized spacial score (nSPS) is 11.0. The number of allylic oxidation sites excluding steroid dienone is 2. The third kappa shape index (κ3) is 3.23. The molecule has 0 heterocycles. The Hall–Kier alpha value is -0.0131. The van der Waals surface area contributed by atoms with Gasteiger partial charge in [0.25, 0.3) is 0 Å². The summed E-state index contributed by atoms with van der Waals surface area (Å²) in [4.78, 5) is 0. The van der Waals surface area contributed by atoms with Gasteiger partial charge in [0.15, 0.2) is 0 Å². The molecule has 0 aromatic rings. The van der Waals surface area contributed by atoms with Crippen LogP contribution in [0.15, 0.2) is 25.3 Å². The molecule has 0 aromatic carbocycles. The average Bonchev–Trinajstić information content (AvgIpc) is 1.89. The van der Waals surface area contributed by atoms with Crippen molar-refractivity contribution in [3.8, 4) is 0 Å². The van der Waals surface area contributed by atoms with Crippen LogP contribution in [0.4, 0.5) is 0 Å². The van der Waals surface area contributed by atoms with Gasteiger partial charge in [-0.25, -0.2) is 0 Å². The molecule has 0 amide bonds. The van der Waals surface area contributed by atoms with Crippen LogP contribution in [-0.2, 0) is 0 Å². The largest absolute Gasteiger partial charge is 0.130 e. The Bertz CT molecular complexity index is 110. The van der Waals surface area contributed by atoms with E-state index in [2.05, 4.69) is 19.7 Å². The molecule has 0 radical (unpaired) electrons. The van der Waals surface area contributed by atoms with Gasteiger partial charge in [-0.2, -0.15) is 0 Å². The summed E-state index contributed by atoms with van der Waals surface area (Å²) in [6.07, 6.45) is 3.94. The van der Waals surface area contributed by atoms with Crippen LogP contribution in [0, 0.1) is 0 Å². The van der Waals surface area contributed by atoms with Crippen LogP contribution in [0.2, 0.25) is 18.6 Å². The lowest BCUT2D eigenvalue weighted by atomic mass is 10.7. The molecule has 2 heteroatoms. The van der Waals surface area contributed by atoms with Crippen molar-refractivity contribution >= 4 is 19.7 Å².